The van der Waals surface area contributed by atoms with E-state index in [1.54, 1.807) is 0 Å². The van der Waals surface area contributed by atoms with Crippen LogP contribution in [0.25, 0.3) is 0 Å². The predicted molar refractivity (Wildman–Crippen MR) is 50.3 cm³/mol. The molecule has 0 aliphatic heterocycles. The molecule has 1 unspecified atom stereocenters. The van der Waals surface area contributed by atoms with Crippen molar-refractivity contribution in [3.63, 3.8) is 0 Å². The van der Waals surface area contributed by atoms with Crippen molar-refractivity contribution in [2.24, 2.45) is 11.7 Å². The lowest BCUT2D eigenvalue weighted by Gasteiger charge is -2.13. The summed E-state index contributed by atoms with van der Waals surface area (Å²) in [6, 6.07) is -0.0836. The van der Waals surface area contributed by atoms with Crippen LogP contribution in [0.1, 0.15) is 20.3 Å². The molecule has 0 fully saturated rings. The molecule has 12 heavy (non-hydrogen) atoms. The second kappa shape index (κ2) is 4.79. The van der Waals surface area contributed by atoms with Crippen LogP contribution < -0.4 is 10.5 Å². The first-order valence-corrected chi connectivity index (χ1v) is 5.90. The Balaban J connectivity index is 3.65. The summed E-state index contributed by atoms with van der Waals surface area (Å²) in [6.07, 6.45) is 1.97. The van der Waals surface area contributed by atoms with Crippen molar-refractivity contribution in [3.05, 3.63) is 0 Å². The zero-order valence-electron chi connectivity index (χ0n) is 7.87. The molecule has 0 bridgehead atoms. The number of rotatable bonds is 5. The lowest BCUT2D eigenvalue weighted by Crippen LogP contribution is -2.37. The minimum Gasteiger partial charge on any atom is -0.327 e. The van der Waals surface area contributed by atoms with Crippen LogP contribution in [0.3, 0.4) is 0 Å². The molecule has 0 amide bonds. The van der Waals surface area contributed by atoms with Crippen molar-refractivity contribution in [2.45, 2.75) is 26.3 Å². The van der Waals surface area contributed by atoms with Gasteiger partial charge in [0.05, 0.1) is 6.26 Å². The molecule has 5 heteroatoms. The molecule has 0 saturated heterocycles. The molecule has 3 N–H and O–H groups in total. The fourth-order valence-electron chi connectivity index (χ4n) is 0.947. The SMILES string of the molecule is CC(C)CC(N)CNS(C)(=O)=O. The molecular formula is C7H18N2O2S. The maximum Gasteiger partial charge on any atom is 0.208 e. The molecule has 0 aliphatic rings. The molecule has 0 aromatic heterocycles. The van der Waals surface area contributed by atoms with Gasteiger partial charge in [0.1, 0.15) is 0 Å². The van der Waals surface area contributed by atoms with Crippen LogP contribution in [0.2, 0.25) is 0 Å². The number of hydrogen-bond acceptors (Lipinski definition) is 3. The summed E-state index contributed by atoms with van der Waals surface area (Å²) < 4.78 is 23.7. The van der Waals surface area contributed by atoms with E-state index in [1.165, 1.54) is 0 Å². The average Bonchev–Trinajstić information content (AvgIpc) is 1.80. The molecule has 4 nitrogen and oxygen atoms in total. The van der Waals surface area contributed by atoms with Crippen LogP contribution in [0, 0.1) is 5.92 Å². The van der Waals surface area contributed by atoms with Gasteiger partial charge in [-0.3, -0.25) is 0 Å². The van der Waals surface area contributed by atoms with Crippen molar-refractivity contribution in [1.82, 2.24) is 4.72 Å². The molecule has 0 spiro atoms. The van der Waals surface area contributed by atoms with E-state index in [0.717, 1.165) is 12.7 Å². The molecule has 0 aromatic rings. The third-order valence-electron chi connectivity index (χ3n) is 1.38. The van der Waals surface area contributed by atoms with Gasteiger partial charge in [0.25, 0.3) is 0 Å². The second-order valence-corrected chi connectivity index (χ2v) is 5.34. The second-order valence-electron chi connectivity index (χ2n) is 3.51. The van der Waals surface area contributed by atoms with Gasteiger partial charge in [0, 0.05) is 12.6 Å². The van der Waals surface area contributed by atoms with E-state index < -0.39 is 10.0 Å². The van der Waals surface area contributed by atoms with Crippen LogP contribution in [-0.2, 0) is 10.0 Å². The Morgan fingerprint density at radius 2 is 1.92 bits per heavy atom. The van der Waals surface area contributed by atoms with Gasteiger partial charge in [-0.25, -0.2) is 13.1 Å². The van der Waals surface area contributed by atoms with E-state index in [4.69, 9.17) is 5.73 Å². The fourth-order valence-corrected chi connectivity index (χ4v) is 1.46. The van der Waals surface area contributed by atoms with E-state index in [0.29, 0.717) is 12.5 Å². The molecule has 0 aliphatic carbocycles. The van der Waals surface area contributed by atoms with Crippen LogP contribution in [0.15, 0.2) is 0 Å². The fraction of sp³-hybridized carbons (Fsp3) is 1.00. The Labute approximate surface area is 74.6 Å². The molecule has 0 heterocycles. The minimum absolute atomic E-state index is 0.0836. The smallest absolute Gasteiger partial charge is 0.208 e. The first-order chi connectivity index (χ1) is 5.31. The van der Waals surface area contributed by atoms with Gasteiger partial charge < -0.3 is 5.73 Å². The van der Waals surface area contributed by atoms with Gasteiger partial charge in [-0.15, -0.1) is 0 Å². The Morgan fingerprint density at radius 1 is 1.42 bits per heavy atom. The van der Waals surface area contributed by atoms with E-state index in [1.807, 2.05) is 0 Å². The lowest BCUT2D eigenvalue weighted by molar-refractivity contribution is 0.486. The highest BCUT2D eigenvalue weighted by Gasteiger charge is 2.07. The van der Waals surface area contributed by atoms with E-state index in [2.05, 4.69) is 18.6 Å². The van der Waals surface area contributed by atoms with Crippen molar-refractivity contribution < 1.29 is 8.42 Å². The molecule has 0 aromatic carbocycles. The van der Waals surface area contributed by atoms with Gasteiger partial charge in [-0.2, -0.15) is 0 Å². The average molecular weight is 194 g/mol. The van der Waals surface area contributed by atoms with Gasteiger partial charge >= 0.3 is 0 Å². The van der Waals surface area contributed by atoms with Crippen LogP contribution in [-0.4, -0.2) is 27.3 Å². The third kappa shape index (κ3) is 7.97. The number of sulfonamides is 1. The highest BCUT2D eigenvalue weighted by molar-refractivity contribution is 7.88. The Hall–Kier alpha value is -0.130. The van der Waals surface area contributed by atoms with E-state index in [9.17, 15) is 8.42 Å². The van der Waals surface area contributed by atoms with Gasteiger partial charge in [-0.05, 0) is 12.3 Å². The molecular weight excluding hydrogens is 176 g/mol. The van der Waals surface area contributed by atoms with E-state index in [-0.39, 0.29) is 6.04 Å². The quantitative estimate of drug-likeness (QED) is 0.642. The summed E-state index contributed by atoms with van der Waals surface area (Å²) in [7, 11) is -3.08. The third-order valence-corrected chi connectivity index (χ3v) is 2.07. The molecule has 0 radical (unpaired) electrons. The number of nitrogens with two attached hydrogens (primary N) is 1. The highest BCUT2D eigenvalue weighted by Crippen LogP contribution is 2.01. The minimum atomic E-state index is -3.08. The van der Waals surface area contributed by atoms with Crippen LogP contribution >= 0.6 is 0 Å². The standard InChI is InChI=1S/C7H18N2O2S/c1-6(2)4-7(8)5-9-12(3,10)11/h6-7,9H,4-5,8H2,1-3H3. The molecule has 0 rings (SSSR count). The van der Waals surface area contributed by atoms with Crippen LogP contribution in [0.5, 0.6) is 0 Å². The maximum atomic E-state index is 10.7. The number of nitrogens with one attached hydrogen (secondary N) is 1. The monoisotopic (exact) mass is 194 g/mol. The summed E-state index contributed by atoms with van der Waals surface area (Å²) in [6.45, 7) is 4.44. The van der Waals surface area contributed by atoms with Gasteiger partial charge in [0.15, 0.2) is 0 Å². The Kier molecular flexibility index (Phi) is 4.74. The summed E-state index contributed by atoms with van der Waals surface area (Å²) in [4.78, 5) is 0. The summed E-state index contributed by atoms with van der Waals surface area (Å²) in [5, 5.41) is 0. The Bertz CT molecular complexity index is 211. The Morgan fingerprint density at radius 3 is 2.25 bits per heavy atom. The summed E-state index contributed by atoms with van der Waals surface area (Å²) in [5.74, 6) is 0.501. The topological polar surface area (TPSA) is 72.2 Å². The first kappa shape index (κ1) is 11.9. The highest BCUT2D eigenvalue weighted by atomic mass is 32.2. The summed E-state index contributed by atoms with van der Waals surface area (Å²) in [5.41, 5.74) is 5.65. The summed E-state index contributed by atoms with van der Waals surface area (Å²) >= 11 is 0. The molecule has 74 valence electrons. The molecule has 0 saturated carbocycles. The zero-order valence-corrected chi connectivity index (χ0v) is 8.69. The van der Waals surface area contributed by atoms with Crippen molar-refractivity contribution >= 4 is 10.0 Å². The van der Waals surface area contributed by atoms with Gasteiger partial charge in [0.2, 0.25) is 10.0 Å². The molecule has 1 atom stereocenters. The number of hydrogen-bond donors (Lipinski definition) is 2. The van der Waals surface area contributed by atoms with Crippen LogP contribution in [0.4, 0.5) is 0 Å². The maximum absolute atomic E-state index is 10.7. The predicted octanol–water partition coefficient (Wildman–Crippen LogP) is -0.0910. The zero-order chi connectivity index (χ0) is 9.78. The first-order valence-electron chi connectivity index (χ1n) is 4.01. The van der Waals surface area contributed by atoms with Crippen molar-refractivity contribution in [1.29, 1.82) is 0 Å². The normalized spacial score (nSPS) is 15.1. The van der Waals surface area contributed by atoms with Gasteiger partial charge in [-0.1, -0.05) is 13.8 Å². The lowest BCUT2D eigenvalue weighted by atomic mass is 10.1. The largest absolute Gasteiger partial charge is 0.327 e. The van der Waals surface area contributed by atoms with E-state index >= 15 is 0 Å². The van der Waals surface area contributed by atoms with Crippen molar-refractivity contribution in [2.75, 3.05) is 12.8 Å². The van der Waals surface area contributed by atoms with Crippen molar-refractivity contribution in [3.8, 4) is 0 Å².